The second-order valence-electron chi connectivity index (χ2n) is 6.58. The zero-order valence-electron chi connectivity index (χ0n) is 16.1. The summed E-state index contributed by atoms with van der Waals surface area (Å²) in [7, 11) is 1.66. The standard InChI is InChI=1S/C20H22N6O2S/c1-28-17-5-3-16(4-6-17)25-9-11-26(12-10-25)18(27)13-15-14-29-20(23-15)24-19-21-7-2-8-22-19/h2-8,14H,9-13H2,1H3,(H,21,22,23,24). The molecule has 0 bridgehead atoms. The summed E-state index contributed by atoms with van der Waals surface area (Å²) in [5, 5.41) is 5.64. The smallest absolute Gasteiger partial charge is 0.228 e. The largest absolute Gasteiger partial charge is 0.497 e. The lowest BCUT2D eigenvalue weighted by Gasteiger charge is -2.36. The van der Waals surface area contributed by atoms with Crippen molar-refractivity contribution in [1.82, 2.24) is 19.9 Å². The topological polar surface area (TPSA) is 83.5 Å². The monoisotopic (exact) mass is 410 g/mol. The number of hydrogen-bond acceptors (Lipinski definition) is 8. The zero-order chi connectivity index (χ0) is 20.1. The van der Waals surface area contributed by atoms with Gasteiger partial charge in [0.1, 0.15) is 5.75 Å². The Bertz CT molecular complexity index is 939. The molecular weight excluding hydrogens is 388 g/mol. The number of rotatable bonds is 6. The molecule has 150 valence electrons. The van der Waals surface area contributed by atoms with E-state index in [-0.39, 0.29) is 5.91 Å². The number of aromatic nitrogens is 3. The summed E-state index contributed by atoms with van der Waals surface area (Å²) in [6.07, 6.45) is 3.63. The van der Waals surface area contributed by atoms with E-state index in [1.165, 1.54) is 11.3 Å². The SMILES string of the molecule is COc1ccc(N2CCN(C(=O)Cc3csc(Nc4ncccn4)n3)CC2)cc1. The third-order valence-electron chi connectivity index (χ3n) is 4.74. The summed E-state index contributed by atoms with van der Waals surface area (Å²) < 4.78 is 5.21. The molecule has 1 aliphatic heterocycles. The van der Waals surface area contributed by atoms with Crippen LogP contribution in [-0.2, 0) is 11.2 Å². The fraction of sp³-hybridized carbons (Fsp3) is 0.300. The molecule has 2 aromatic heterocycles. The van der Waals surface area contributed by atoms with Crippen LogP contribution in [0.1, 0.15) is 5.69 Å². The number of anilines is 3. The number of nitrogens with one attached hydrogen (secondary N) is 1. The van der Waals surface area contributed by atoms with Gasteiger partial charge in [0.25, 0.3) is 0 Å². The fourth-order valence-corrected chi connectivity index (χ4v) is 3.88. The van der Waals surface area contributed by atoms with Gasteiger partial charge in [0.05, 0.1) is 19.2 Å². The fourth-order valence-electron chi connectivity index (χ4n) is 3.18. The highest BCUT2D eigenvalue weighted by molar-refractivity contribution is 7.13. The van der Waals surface area contributed by atoms with Crippen LogP contribution in [0.5, 0.6) is 5.75 Å². The third kappa shape index (κ3) is 4.80. The highest BCUT2D eigenvalue weighted by Gasteiger charge is 2.22. The number of piperazine rings is 1. The number of carbonyl (C=O) groups is 1. The van der Waals surface area contributed by atoms with E-state index in [9.17, 15) is 4.79 Å². The summed E-state index contributed by atoms with van der Waals surface area (Å²) in [6.45, 7) is 3.04. The van der Waals surface area contributed by atoms with E-state index in [2.05, 4.69) is 37.3 Å². The average molecular weight is 411 g/mol. The van der Waals surface area contributed by atoms with Crippen LogP contribution in [0.3, 0.4) is 0 Å². The Balaban J connectivity index is 1.28. The molecule has 0 unspecified atom stereocenters. The summed E-state index contributed by atoms with van der Waals surface area (Å²) in [6, 6.07) is 9.78. The van der Waals surface area contributed by atoms with Gasteiger partial charge in [0.15, 0.2) is 5.13 Å². The molecule has 1 saturated heterocycles. The van der Waals surface area contributed by atoms with E-state index in [4.69, 9.17) is 4.74 Å². The van der Waals surface area contributed by atoms with Gasteiger partial charge < -0.3 is 19.9 Å². The van der Waals surface area contributed by atoms with Crippen LogP contribution in [0.2, 0.25) is 0 Å². The lowest BCUT2D eigenvalue weighted by molar-refractivity contribution is -0.130. The molecule has 8 nitrogen and oxygen atoms in total. The van der Waals surface area contributed by atoms with E-state index in [0.717, 1.165) is 30.2 Å². The van der Waals surface area contributed by atoms with Gasteiger partial charge in [-0.2, -0.15) is 0 Å². The van der Waals surface area contributed by atoms with Crippen molar-refractivity contribution < 1.29 is 9.53 Å². The van der Waals surface area contributed by atoms with E-state index in [1.807, 2.05) is 22.4 Å². The molecule has 1 N–H and O–H groups in total. The van der Waals surface area contributed by atoms with Crippen molar-refractivity contribution >= 4 is 34.0 Å². The minimum absolute atomic E-state index is 0.104. The number of benzene rings is 1. The van der Waals surface area contributed by atoms with Crippen molar-refractivity contribution in [1.29, 1.82) is 0 Å². The Kier molecular flexibility index (Phi) is 5.85. The first kappa shape index (κ1) is 19.1. The maximum Gasteiger partial charge on any atom is 0.228 e. The van der Waals surface area contributed by atoms with Crippen LogP contribution in [0.15, 0.2) is 48.1 Å². The van der Waals surface area contributed by atoms with Gasteiger partial charge in [-0.1, -0.05) is 0 Å². The maximum absolute atomic E-state index is 12.7. The number of amides is 1. The lowest BCUT2D eigenvalue weighted by Crippen LogP contribution is -2.49. The molecule has 1 fully saturated rings. The highest BCUT2D eigenvalue weighted by atomic mass is 32.1. The number of ether oxygens (including phenoxy) is 1. The zero-order valence-corrected chi connectivity index (χ0v) is 16.9. The predicted molar refractivity (Wildman–Crippen MR) is 113 cm³/mol. The summed E-state index contributed by atoms with van der Waals surface area (Å²) >= 11 is 1.44. The van der Waals surface area contributed by atoms with Crippen LogP contribution in [0, 0.1) is 0 Å². The molecule has 1 amide bonds. The van der Waals surface area contributed by atoms with Gasteiger partial charge in [-0.3, -0.25) is 4.79 Å². The Hall–Kier alpha value is -3.20. The quantitative estimate of drug-likeness (QED) is 0.669. The summed E-state index contributed by atoms with van der Waals surface area (Å²) in [4.78, 5) is 29.6. The summed E-state index contributed by atoms with van der Waals surface area (Å²) in [5.41, 5.74) is 1.91. The van der Waals surface area contributed by atoms with E-state index >= 15 is 0 Å². The number of carbonyl (C=O) groups excluding carboxylic acids is 1. The van der Waals surface area contributed by atoms with Crippen molar-refractivity contribution in [2.45, 2.75) is 6.42 Å². The van der Waals surface area contributed by atoms with Crippen molar-refractivity contribution in [2.24, 2.45) is 0 Å². The molecule has 0 spiro atoms. The molecule has 0 aliphatic carbocycles. The van der Waals surface area contributed by atoms with Crippen LogP contribution in [0.25, 0.3) is 0 Å². The second-order valence-corrected chi connectivity index (χ2v) is 7.44. The minimum Gasteiger partial charge on any atom is -0.497 e. The molecule has 1 aliphatic rings. The van der Waals surface area contributed by atoms with E-state index in [1.54, 1.807) is 25.6 Å². The average Bonchev–Trinajstić information content (AvgIpc) is 3.21. The lowest BCUT2D eigenvalue weighted by atomic mass is 10.2. The molecule has 0 atom stereocenters. The number of nitrogens with zero attached hydrogens (tertiary/aromatic N) is 5. The molecule has 3 heterocycles. The summed E-state index contributed by atoms with van der Waals surface area (Å²) in [5.74, 6) is 1.44. The molecule has 4 rings (SSSR count). The molecule has 3 aromatic rings. The normalized spacial score (nSPS) is 14.0. The Morgan fingerprint density at radius 2 is 1.86 bits per heavy atom. The first-order chi connectivity index (χ1) is 14.2. The predicted octanol–water partition coefficient (Wildman–Crippen LogP) is 2.58. The Morgan fingerprint density at radius 3 is 2.55 bits per heavy atom. The Labute approximate surface area is 173 Å². The second kappa shape index (κ2) is 8.87. The van der Waals surface area contributed by atoms with Crippen molar-refractivity contribution in [2.75, 3.05) is 43.5 Å². The number of hydrogen-bond donors (Lipinski definition) is 1. The molecular formula is C20H22N6O2S. The highest BCUT2D eigenvalue weighted by Crippen LogP contribution is 2.22. The van der Waals surface area contributed by atoms with Crippen LogP contribution >= 0.6 is 11.3 Å². The first-order valence-corrected chi connectivity index (χ1v) is 10.2. The first-order valence-electron chi connectivity index (χ1n) is 9.36. The van der Waals surface area contributed by atoms with E-state index in [0.29, 0.717) is 30.6 Å². The minimum atomic E-state index is 0.104. The van der Waals surface area contributed by atoms with Crippen LogP contribution in [0.4, 0.5) is 16.8 Å². The molecule has 9 heteroatoms. The van der Waals surface area contributed by atoms with Gasteiger partial charge in [0, 0.05) is 49.6 Å². The molecule has 1 aromatic carbocycles. The number of methoxy groups -OCH3 is 1. The molecule has 0 radical (unpaired) electrons. The van der Waals surface area contributed by atoms with Crippen molar-refractivity contribution in [3.8, 4) is 5.75 Å². The van der Waals surface area contributed by atoms with Gasteiger partial charge in [-0.25, -0.2) is 15.0 Å². The maximum atomic E-state index is 12.7. The van der Waals surface area contributed by atoms with E-state index < -0.39 is 0 Å². The van der Waals surface area contributed by atoms with Gasteiger partial charge in [-0.05, 0) is 30.3 Å². The van der Waals surface area contributed by atoms with Crippen molar-refractivity contribution in [3.63, 3.8) is 0 Å². The van der Waals surface area contributed by atoms with Gasteiger partial charge >= 0.3 is 0 Å². The third-order valence-corrected chi connectivity index (χ3v) is 5.55. The Morgan fingerprint density at radius 1 is 1.14 bits per heavy atom. The number of thiazole rings is 1. The van der Waals surface area contributed by atoms with Crippen molar-refractivity contribution in [3.05, 3.63) is 53.8 Å². The molecule has 0 saturated carbocycles. The van der Waals surface area contributed by atoms with Gasteiger partial charge in [0.2, 0.25) is 11.9 Å². The van der Waals surface area contributed by atoms with Crippen LogP contribution in [-0.4, -0.2) is 59.0 Å². The van der Waals surface area contributed by atoms with Gasteiger partial charge in [-0.15, -0.1) is 11.3 Å². The molecule has 29 heavy (non-hydrogen) atoms. The van der Waals surface area contributed by atoms with Crippen LogP contribution < -0.4 is 15.0 Å².